The van der Waals surface area contributed by atoms with Crippen LogP contribution in [0.4, 0.5) is 5.82 Å². The number of carbonyl (C=O) groups is 1. The Bertz CT molecular complexity index is 1660. The number of halogens is 1. The Morgan fingerprint density at radius 1 is 1.17 bits per heavy atom. The zero-order valence-electron chi connectivity index (χ0n) is 28.3. The summed E-state index contributed by atoms with van der Waals surface area (Å²) in [7, 11) is -6.46. The van der Waals surface area contributed by atoms with Crippen LogP contribution in [-0.2, 0) is 24.5 Å². The van der Waals surface area contributed by atoms with Crippen molar-refractivity contribution in [1.82, 2.24) is 9.97 Å². The van der Waals surface area contributed by atoms with E-state index in [1.807, 2.05) is 6.92 Å². The molecule has 3 aromatic rings. The summed E-state index contributed by atoms with van der Waals surface area (Å²) in [6.07, 6.45) is 3.70. The van der Waals surface area contributed by atoms with Crippen LogP contribution >= 0.6 is 22.9 Å². The Kier molecular flexibility index (Phi) is 11.8. The van der Waals surface area contributed by atoms with Gasteiger partial charge in [0.05, 0.1) is 23.2 Å². The highest BCUT2D eigenvalue weighted by atomic mass is 35.5. The van der Waals surface area contributed by atoms with Gasteiger partial charge in [0, 0.05) is 33.6 Å². The van der Waals surface area contributed by atoms with Crippen molar-refractivity contribution < 1.29 is 26.9 Å². The maximum absolute atomic E-state index is 13.9. The molecule has 0 bridgehead atoms. The van der Waals surface area contributed by atoms with Gasteiger partial charge in [0.1, 0.15) is 17.7 Å². The Labute approximate surface area is 288 Å². The molecule has 2 heterocycles. The molecule has 47 heavy (non-hydrogen) atoms. The highest BCUT2D eigenvalue weighted by Gasteiger charge is 2.49. The van der Waals surface area contributed by atoms with E-state index < -0.39 is 24.2 Å². The number of hydrogen-bond acceptors (Lipinski definition) is 10. The van der Waals surface area contributed by atoms with Crippen LogP contribution in [0.5, 0.6) is 0 Å². The summed E-state index contributed by atoms with van der Waals surface area (Å²) >= 11 is 7.49. The van der Waals surface area contributed by atoms with Gasteiger partial charge in [-0.3, -0.25) is 8.98 Å². The molecule has 258 valence electrons. The van der Waals surface area contributed by atoms with Gasteiger partial charge in [-0.05, 0) is 67.1 Å². The van der Waals surface area contributed by atoms with Crippen molar-refractivity contribution in [2.75, 3.05) is 11.9 Å². The number of rotatable bonds is 14. The lowest BCUT2D eigenvalue weighted by atomic mass is 9.88. The predicted molar refractivity (Wildman–Crippen MR) is 190 cm³/mol. The van der Waals surface area contributed by atoms with E-state index in [0.717, 1.165) is 4.88 Å². The molecule has 10 nitrogen and oxygen atoms in total. The van der Waals surface area contributed by atoms with E-state index in [1.165, 1.54) is 23.9 Å². The van der Waals surface area contributed by atoms with Crippen molar-refractivity contribution in [1.29, 1.82) is 0 Å². The van der Waals surface area contributed by atoms with Crippen molar-refractivity contribution in [3.63, 3.8) is 0 Å². The van der Waals surface area contributed by atoms with E-state index in [2.05, 4.69) is 56.8 Å². The van der Waals surface area contributed by atoms with Crippen LogP contribution in [-0.4, -0.2) is 56.3 Å². The van der Waals surface area contributed by atoms with Gasteiger partial charge in [-0.1, -0.05) is 65.3 Å². The van der Waals surface area contributed by atoms with E-state index in [9.17, 15) is 18.3 Å². The van der Waals surface area contributed by atoms with Gasteiger partial charge in [0.15, 0.2) is 0 Å². The largest absolute Gasteiger partial charge is 0.413 e. The van der Waals surface area contributed by atoms with E-state index in [0.29, 0.717) is 61.9 Å². The molecule has 0 unspecified atom stereocenters. The fourth-order valence-electron chi connectivity index (χ4n) is 7.34. The Morgan fingerprint density at radius 2 is 1.83 bits per heavy atom. The van der Waals surface area contributed by atoms with Crippen LogP contribution in [0.3, 0.4) is 0 Å². The summed E-state index contributed by atoms with van der Waals surface area (Å²) in [5, 5.41) is 20.7. The van der Waals surface area contributed by atoms with Gasteiger partial charge in [-0.25, -0.2) is 15.1 Å². The number of nitrogens with one attached hydrogen (secondary N) is 1. The third kappa shape index (κ3) is 8.32. The number of aliphatic hydroxyl groups is 1. The average molecular weight is 723 g/mol. The standard InChI is InChI=1S/C33H47ClN4O6S2Si/c1-19(2)47(20(3)4,21(5)6)44-29-14-26(12-23(29)17-43-46(35,41)42)38-32-27(16-36-18-37-32)31(39)30-15-28(22(7)45-30)33(8,40)24-10-9-11-25(34)13-24/h9-11,13,15-16,18-21,23,26,29,40H,12,14,17H2,1-8H3,(H2,35,41,42)(H,36,37,38)/t23-,26-,29+,33+/m1/s1. The number of anilines is 1. The summed E-state index contributed by atoms with van der Waals surface area (Å²) in [5.41, 5.74) is 1.15. The number of carbonyl (C=O) groups excluding carboxylic acids is 1. The van der Waals surface area contributed by atoms with Crippen molar-refractivity contribution in [2.24, 2.45) is 11.1 Å². The van der Waals surface area contributed by atoms with E-state index in [-0.39, 0.29) is 30.5 Å². The van der Waals surface area contributed by atoms with Crippen LogP contribution in [0.15, 0.2) is 42.9 Å². The lowest BCUT2D eigenvalue weighted by molar-refractivity contribution is 0.101. The predicted octanol–water partition coefficient (Wildman–Crippen LogP) is 6.96. The second-order valence-corrected chi connectivity index (χ2v) is 21.9. The molecule has 0 saturated heterocycles. The number of nitrogens with zero attached hydrogens (tertiary/aromatic N) is 2. The van der Waals surface area contributed by atoms with E-state index in [1.54, 1.807) is 37.3 Å². The summed E-state index contributed by atoms with van der Waals surface area (Å²) < 4.78 is 35.7. The molecule has 0 spiro atoms. The van der Waals surface area contributed by atoms with Gasteiger partial charge in [0.2, 0.25) is 14.1 Å². The Morgan fingerprint density at radius 3 is 2.43 bits per heavy atom. The molecule has 1 aromatic carbocycles. The van der Waals surface area contributed by atoms with Gasteiger partial charge in [0.25, 0.3) is 0 Å². The van der Waals surface area contributed by atoms with Crippen molar-refractivity contribution in [3.8, 4) is 0 Å². The smallest absolute Gasteiger partial charge is 0.333 e. The van der Waals surface area contributed by atoms with Crippen molar-refractivity contribution in [3.05, 3.63) is 74.3 Å². The Hall–Kier alpha value is -2.23. The molecule has 4 atom stereocenters. The molecule has 1 aliphatic rings. The highest BCUT2D eigenvalue weighted by molar-refractivity contribution is 7.84. The number of hydrogen-bond donors (Lipinski definition) is 3. The first-order valence-electron chi connectivity index (χ1n) is 15.9. The SMILES string of the molecule is Cc1sc(C(=O)c2cncnc2N[C@@H]2C[C@H](COS(N)(=O)=O)[C@@H](O[Si](C(C)C)(C(C)C)C(C)C)C2)cc1[C@@](C)(O)c1cccc(Cl)c1. The summed E-state index contributed by atoms with van der Waals surface area (Å²) in [4.78, 5) is 23.8. The molecule has 0 aliphatic heterocycles. The molecule has 2 aromatic heterocycles. The highest BCUT2D eigenvalue weighted by Crippen LogP contribution is 2.46. The maximum Gasteiger partial charge on any atom is 0.333 e. The first kappa shape index (κ1) is 37.6. The minimum absolute atomic E-state index is 0.0974. The van der Waals surface area contributed by atoms with Gasteiger partial charge < -0.3 is 14.8 Å². The third-order valence-electron chi connectivity index (χ3n) is 9.49. The fraction of sp³-hybridized carbons (Fsp3) is 0.545. The summed E-state index contributed by atoms with van der Waals surface area (Å²) in [6, 6.07) is 8.56. The van der Waals surface area contributed by atoms with Crippen LogP contribution in [0.2, 0.25) is 21.6 Å². The topological polar surface area (TPSA) is 154 Å². The van der Waals surface area contributed by atoms with Crippen LogP contribution in [0, 0.1) is 12.8 Å². The Balaban J connectivity index is 1.61. The van der Waals surface area contributed by atoms with E-state index in [4.69, 9.17) is 25.3 Å². The number of ketones is 1. The molecule has 14 heteroatoms. The molecular weight excluding hydrogens is 676 g/mol. The molecule has 0 radical (unpaired) electrons. The monoisotopic (exact) mass is 722 g/mol. The lowest BCUT2D eigenvalue weighted by Crippen LogP contribution is -2.51. The number of benzene rings is 1. The summed E-state index contributed by atoms with van der Waals surface area (Å²) in [5.74, 6) is -0.151. The molecule has 1 saturated carbocycles. The maximum atomic E-state index is 13.9. The molecular formula is C33H47ClN4O6S2Si. The molecule has 1 fully saturated rings. The quantitative estimate of drug-likeness (QED) is 0.118. The van der Waals surface area contributed by atoms with Gasteiger partial charge >= 0.3 is 10.3 Å². The van der Waals surface area contributed by atoms with Crippen molar-refractivity contribution >= 4 is 53.2 Å². The number of aryl methyl sites for hydroxylation is 1. The molecule has 4 rings (SSSR count). The molecule has 4 N–H and O–H groups in total. The first-order valence-corrected chi connectivity index (χ1v) is 20.7. The van der Waals surface area contributed by atoms with Gasteiger partial charge in [-0.15, -0.1) is 11.3 Å². The first-order chi connectivity index (χ1) is 21.9. The third-order valence-corrected chi connectivity index (χ3v) is 17.4. The van der Waals surface area contributed by atoms with Crippen molar-refractivity contribution in [2.45, 2.75) is 103 Å². The average Bonchev–Trinajstić information content (AvgIpc) is 3.56. The molecule has 0 amide bonds. The van der Waals surface area contributed by atoms with Gasteiger partial charge in [-0.2, -0.15) is 8.42 Å². The second-order valence-electron chi connectivity index (χ2n) is 13.6. The second kappa shape index (κ2) is 14.7. The number of thiophene rings is 1. The fourth-order valence-corrected chi connectivity index (χ4v) is 14.6. The summed E-state index contributed by atoms with van der Waals surface area (Å²) in [6.45, 7) is 16.7. The van der Waals surface area contributed by atoms with Crippen LogP contribution in [0.25, 0.3) is 0 Å². The number of aromatic nitrogens is 2. The minimum atomic E-state index is -4.14. The van der Waals surface area contributed by atoms with E-state index >= 15 is 0 Å². The normalized spacial score (nSPS) is 20.3. The number of nitrogens with two attached hydrogens (primary N) is 1. The minimum Gasteiger partial charge on any atom is -0.413 e. The zero-order chi connectivity index (χ0) is 34.9. The van der Waals surface area contributed by atoms with Crippen LogP contribution in [0.1, 0.15) is 92.5 Å². The van der Waals surface area contributed by atoms with Crippen LogP contribution < -0.4 is 10.5 Å². The molecule has 1 aliphatic carbocycles. The lowest BCUT2D eigenvalue weighted by Gasteiger charge is -2.45. The zero-order valence-corrected chi connectivity index (χ0v) is 31.7.